The van der Waals surface area contributed by atoms with Gasteiger partial charge in [0.15, 0.2) is 5.79 Å². The number of benzene rings is 1. The standard InChI is InChI=1S/C24H27N5O4S/c25-13-18-15-34-16-29(18)22(30)14-27-23(31)19-4-7-26-21-3-2-17(12-20(19)21)28-8-5-24(6-9-28)32-10-1-11-33-24/h2-4,7,12,18H,1,5-6,8-11,14-16H2,(H,27,31). The van der Waals surface area contributed by atoms with Gasteiger partial charge in [-0.05, 0) is 30.7 Å². The Bertz CT molecular complexity index is 1120. The summed E-state index contributed by atoms with van der Waals surface area (Å²) in [6, 6.07) is 9.30. The van der Waals surface area contributed by atoms with Gasteiger partial charge in [-0.15, -0.1) is 11.8 Å². The number of anilines is 1. The van der Waals surface area contributed by atoms with Gasteiger partial charge in [0.05, 0.1) is 42.8 Å². The van der Waals surface area contributed by atoms with Crippen LogP contribution in [0.25, 0.3) is 10.9 Å². The van der Waals surface area contributed by atoms with Crippen LogP contribution in [0, 0.1) is 11.3 Å². The molecule has 1 aromatic carbocycles. The number of ether oxygens (including phenoxy) is 2. The smallest absolute Gasteiger partial charge is 0.252 e. The molecule has 0 radical (unpaired) electrons. The number of carbonyl (C=O) groups excluding carboxylic acids is 2. The van der Waals surface area contributed by atoms with Crippen LogP contribution in [0.4, 0.5) is 5.69 Å². The average molecular weight is 482 g/mol. The lowest BCUT2D eigenvalue weighted by atomic mass is 10.0. The largest absolute Gasteiger partial charge is 0.371 e. The number of nitrogens with one attached hydrogen (secondary N) is 1. The van der Waals surface area contributed by atoms with Crippen molar-refractivity contribution >= 4 is 40.2 Å². The summed E-state index contributed by atoms with van der Waals surface area (Å²) in [5.74, 6) is 0.0347. The number of thioether (sulfide) groups is 1. The zero-order valence-corrected chi connectivity index (χ0v) is 19.7. The first-order valence-electron chi connectivity index (χ1n) is 11.6. The van der Waals surface area contributed by atoms with Gasteiger partial charge in [-0.3, -0.25) is 14.6 Å². The molecule has 1 N–H and O–H groups in total. The van der Waals surface area contributed by atoms with Crippen molar-refractivity contribution in [1.82, 2.24) is 15.2 Å². The van der Waals surface area contributed by atoms with Gasteiger partial charge in [0.1, 0.15) is 6.04 Å². The number of piperidine rings is 1. The number of carbonyl (C=O) groups is 2. The molecule has 0 saturated carbocycles. The molecule has 178 valence electrons. The first kappa shape index (κ1) is 22.9. The first-order valence-corrected chi connectivity index (χ1v) is 12.7. The van der Waals surface area contributed by atoms with Crippen LogP contribution in [0.15, 0.2) is 30.5 Å². The van der Waals surface area contributed by atoms with Crippen molar-refractivity contribution in [2.75, 3.05) is 49.4 Å². The molecule has 4 heterocycles. The molecule has 1 aromatic heterocycles. The molecule has 3 aliphatic heterocycles. The van der Waals surface area contributed by atoms with Gasteiger partial charge >= 0.3 is 0 Å². The maximum Gasteiger partial charge on any atom is 0.252 e. The molecule has 1 unspecified atom stereocenters. The second kappa shape index (κ2) is 9.78. The molecule has 2 amide bonds. The summed E-state index contributed by atoms with van der Waals surface area (Å²) in [4.78, 5) is 33.7. The van der Waals surface area contributed by atoms with Crippen LogP contribution < -0.4 is 10.2 Å². The molecular formula is C24H27N5O4S. The number of nitriles is 1. The number of aromatic nitrogens is 1. The van der Waals surface area contributed by atoms with Crippen molar-refractivity contribution in [1.29, 1.82) is 5.26 Å². The molecule has 5 rings (SSSR count). The Balaban J connectivity index is 1.29. The van der Waals surface area contributed by atoms with E-state index in [1.165, 1.54) is 16.7 Å². The molecule has 2 aromatic rings. The summed E-state index contributed by atoms with van der Waals surface area (Å²) >= 11 is 1.54. The van der Waals surface area contributed by atoms with Gasteiger partial charge < -0.3 is 24.6 Å². The monoisotopic (exact) mass is 481 g/mol. The topological polar surface area (TPSA) is 108 Å². The van der Waals surface area contributed by atoms with Crippen LogP contribution in [-0.4, -0.2) is 78.0 Å². The molecule has 34 heavy (non-hydrogen) atoms. The second-order valence-corrected chi connectivity index (χ2v) is 9.70. The minimum Gasteiger partial charge on any atom is -0.371 e. The predicted octanol–water partition coefficient (Wildman–Crippen LogP) is 2.12. The molecule has 3 fully saturated rings. The molecule has 0 aliphatic carbocycles. The fraction of sp³-hybridized carbons (Fsp3) is 0.500. The fourth-order valence-corrected chi connectivity index (χ4v) is 5.79. The zero-order valence-electron chi connectivity index (χ0n) is 18.9. The predicted molar refractivity (Wildman–Crippen MR) is 128 cm³/mol. The van der Waals surface area contributed by atoms with Gasteiger partial charge in [0.25, 0.3) is 5.91 Å². The summed E-state index contributed by atoms with van der Waals surface area (Å²) in [5, 5.41) is 12.7. The number of nitrogens with zero attached hydrogens (tertiary/aromatic N) is 4. The van der Waals surface area contributed by atoms with Crippen molar-refractivity contribution in [2.45, 2.75) is 31.1 Å². The number of amides is 2. The minimum atomic E-state index is -0.455. The highest BCUT2D eigenvalue weighted by Crippen LogP contribution is 2.34. The highest BCUT2D eigenvalue weighted by atomic mass is 32.2. The van der Waals surface area contributed by atoms with E-state index in [-0.39, 0.29) is 18.4 Å². The van der Waals surface area contributed by atoms with Gasteiger partial charge in [-0.1, -0.05) is 0 Å². The van der Waals surface area contributed by atoms with Crippen LogP contribution in [0.5, 0.6) is 0 Å². The Morgan fingerprint density at radius 3 is 2.79 bits per heavy atom. The Morgan fingerprint density at radius 2 is 2.03 bits per heavy atom. The van der Waals surface area contributed by atoms with E-state index in [0.717, 1.165) is 62.2 Å². The van der Waals surface area contributed by atoms with Crippen LogP contribution >= 0.6 is 11.8 Å². The van der Waals surface area contributed by atoms with E-state index in [1.807, 2.05) is 18.2 Å². The second-order valence-electron chi connectivity index (χ2n) is 8.70. The Morgan fingerprint density at radius 1 is 1.24 bits per heavy atom. The Kier molecular flexibility index (Phi) is 6.59. The van der Waals surface area contributed by atoms with E-state index in [9.17, 15) is 14.9 Å². The summed E-state index contributed by atoms with van der Waals surface area (Å²) in [7, 11) is 0. The normalized spacial score (nSPS) is 22.0. The molecule has 0 bridgehead atoms. The van der Waals surface area contributed by atoms with Crippen molar-refractivity contribution in [2.24, 2.45) is 0 Å². The quantitative estimate of drug-likeness (QED) is 0.708. The number of hydrogen-bond donors (Lipinski definition) is 1. The number of pyridine rings is 1. The van der Waals surface area contributed by atoms with Crippen molar-refractivity contribution in [3.05, 3.63) is 36.0 Å². The molecule has 10 heteroatoms. The maximum atomic E-state index is 13.0. The molecule has 1 spiro atoms. The lowest BCUT2D eigenvalue weighted by Crippen LogP contribution is -2.50. The summed E-state index contributed by atoms with van der Waals surface area (Å²) in [6.07, 6.45) is 4.14. The number of rotatable bonds is 4. The molecular weight excluding hydrogens is 454 g/mol. The van der Waals surface area contributed by atoms with E-state index >= 15 is 0 Å². The van der Waals surface area contributed by atoms with Crippen molar-refractivity contribution in [3.8, 4) is 6.07 Å². The lowest BCUT2D eigenvalue weighted by molar-refractivity contribution is -0.275. The van der Waals surface area contributed by atoms with E-state index in [0.29, 0.717) is 17.2 Å². The van der Waals surface area contributed by atoms with Crippen molar-refractivity contribution in [3.63, 3.8) is 0 Å². The summed E-state index contributed by atoms with van der Waals surface area (Å²) < 4.78 is 11.9. The third kappa shape index (κ3) is 4.56. The van der Waals surface area contributed by atoms with Crippen LogP contribution in [-0.2, 0) is 14.3 Å². The van der Waals surface area contributed by atoms with Crippen LogP contribution in [0.1, 0.15) is 29.6 Å². The van der Waals surface area contributed by atoms with Crippen LogP contribution in [0.3, 0.4) is 0 Å². The average Bonchev–Trinajstić information content (AvgIpc) is 3.36. The van der Waals surface area contributed by atoms with Crippen LogP contribution in [0.2, 0.25) is 0 Å². The molecule has 1 atom stereocenters. The highest BCUT2D eigenvalue weighted by Gasteiger charge is 2.38. The molecule has 3 saturated heterocycles. The van der Waals surface area contributed by atoms with Gasteiger partial charge in [0.2, 0.25) is 5.91 Å². The van der Waals surface area contributed by atoms with Crippen molar-refractivity contribution < 1.29 is 19.1 Å². The highest BCUT2D eigenvalue weighted by molar-refractivity contribution is 7.99. The van der Waals surface area contributed by atoms with Gasteiger partial charge in [0, 0.05) is 49.0 Å². The fourth-order valence-electron chi connectivity index (χ4n) is 4.69. The van der Waals surface area contributed by atoms with Gasteiger partial charge in [-0.2, -0.15) is 5.26 Å². The van der Waals surface area contributed by atoms with E-state index in [2.05, 4.69) is 21.3 Å². The minimum absolute atomic E-state index is 0.144. The number of fused-ring (bicyclic) bond motifs is 1. The first-order chi connectivity index (χ1) is 16.6. The summed E-state index contributed by atoms with van der Waals surface area (Å²) in [5.41, 5.74) is 2.21. The maximum absolute atomic E-state index is 13.0. The zero-order chi connectivity index (χ0) is 23.5. The third-order valence-corrected chi connectivity index (χ3v) is 7.64. The van der Waals surface area contributed by atoms with E-state index in [1.54, 1.807) is 12.3 Å². The molecule has 3 aliphatic rings. The van der Waals surface area contributed by atoms with Gasteiger partial charge in [-0.25, -0.2) is 0 Å². The van der Waals surface area contributed by atoms with E-state index < -0.39 is 11.8 Å². The van der Waals surface area contributed by atoms with E-state index in [4.69, 9.17) is 9.47 Å². The third-order valence-electron chi connectivity index (χ3n) is 6.63. The Hall–Kier alpha value is -2.87. The summed E-state index contributed by atoms with van der Waals surface area (Å²) in [6.45, 7) is 2.95. The SMILES string of the molecule is N#CC1CSCN1C(=O)CNC(=O)c1ccnc2ccc(N3CCC4(CC3)OCCCO4)cc12. The lowest BCUT2D eigenvalue weighted by Gasteiger charge is -2.44. The molecule has 9 nitrogen and oxygen atoms in total. The number of hydrogen-bond acceptors (Lipinski definition) is 8. The Labute approximate surface area is 202 Å².